The summed E-state index contributed by atoms with van der Waals surface area (Å²) in [5.74, 6) is 0.782. The normalized spacial score (nSPS) is 12.3. The smallest absolute Gasteiger partial charge is 0.406 e. The maximum atomic E-state index is 11.1. The van der Waals surface area contributed by atoms with Crippen molar-refractivity contribution >= 4 is 6.09 Å². The van der Waals surface area contributed by atoms with Crippen molar-refractivity contribution in [2.24, 2.45) is 5.92 Å². The predicted molar refractivity (Wildman–Crippen MR) is 69.2 cm³/mol. The van der Waals surface area contributed by atoms with Crippen molar-refractivity contribution in [1.29, 1.82) is 0 Å². The van der Waals surface area contributed by atoms with E-state index in [2.05, 4.69) is 55.1 Å². The summed E-state index contributed by atoms with van der Waals surface area (Å²) in [5.41, 5.74) is 2.50. The fourth-order valence-corrected chi connectivity index (χ4v) is 1.82. The molecule has 0 aliphatic rings. The molecule has 1 N–H and O–H groups in total. The van der Waals surface area contributed by atoms with Gasteiger partial charge in [-0.25, -0.2) is 4.79 Å². The van der Waals surface area contributed by atoms with Gasteiger partial charge in [0, 0.05) is 12.5 Å². The summed E-state index contributed by atoms with van der Waals surface area (Å²) in [6.07, 6.45) is -0.372. The number of ether oxygens (including phenoxy) is 1. The Kier molecular flexibility index (Phi) is 5.01. The van der Waals surface area contributed by atoms with E-state index in [1.54, 1.807) is 0 Å². The molecule has 0 saturated carbocycles. The summed E-state index contributed by atoms with van der Waals surface area (Å²) in [5, 5.41) is 2.77. The number of hydrogen-bond donors (Lipinski definition) is 1. The number of hydrogen-bond acceptors (Lipinski definition) is 2. The second kappa shape index (κ2) is 6.28. The van der Waals surface area contributed by atoms with E-state index in [1.807, 2.05) is 0 Å². The van der Waals surface area contributed by atoms with Crippen LogP contribution in [0, 0.1) is 12.8 Å². The molecule has 3 heteroatoms. The summed E-state index contributed by atoms with van der Waals surface area (Å²) < 4.78 is 4.59. The van der Waals surface area contributed by atoms with Crippen molar-refractivity contribution in [2.75, 3.05) is 13.7 Å². The molecule has 0 heterocycles. The van der Waals surface area contributed by atoms with Crippen molar-refractivity contribution in [3.05, 3.63) is 35.4 Å². The van der Waals surface area contributed by atoms with E-state index in [0.29, 0.717) is 18.4 Å². The fourth-order valence-electron chi connectivity index (χ4n) is 1.82. The Balaban J connectivity index is 2.72. The van der Waals surface area contributed by atoms with Gasteiger partial charge in [0.2, 0.25) is 0 Å². The molecule has 0 aromatic heterocycles. The van der Waals surface area contributed by atoms with Crippen molar-refractivity contribution in [2.45, 2.75) is 26.7 Å². The first-order valence-corrected chi connectivity index (χ1v) is 5.93. The highest BCUT2D eigenvalue weighted by molar-refractivity contribution is 5.66. The Bertz CT molecular complexity index is 357. The van der Waals surface area contributed by atoms with Gasteiger partial charge in [-0.1, -0.05) is 43.7 Å². The van der Waals surface area contributed by atoms with Crippen LogP contribution in [0.15, 0.2) is 24.3 Å². The van der Waals surface area contributed by atoms with Crippen LogP contribution in [0.25, 0.3) is 0 Å². The number of alkyl carbamates (subject to hydrolysis) is 1. The molecule has 0 spiro atoms. The van der Waals surface area contributed by atoms with Gasteiger partial charge < -0.3 is 10.1 Å². The lowest BCUT2D eigenvalue weighted by Gasteiger charge is -2.21. The molecule has 1 aromatic rings. The minimum atomic E-state index is -0.372. The van der Waals surface area contributed by atoms with Crippen molar-refractivity contribution < 1.29 is 9.53 Å². The van der Waals surface area contributed by atoms with Gasteiger partial charge in [0.15, 0.2) is 0 Å². The third-order valence-electron chi connectivity index (χ3n) is 2.96. The van der Waals surface area contributed by atoms with Gasteiger partial charge in [-0.05, 0) is 18.4 Å². The third-order valence-corrected chi connectivity index (χ3v) is 2.96. The molecule has 1 unspecified atom stereocenters. The summed E-state index contributed by atoms with van der Waals surface area (Å²) >= 11 is 0. The van der Waals surface area contributed by atoms with Crippen LogP contribution in [0.2, 0.25) is 0 Å². The van der Waals surface area contributed by atoms with Crippen LogP contribution >= 0.6 is 0 Å². The molecule has 0 saturated heterocycles. The number of rotatable bonds is 4. The van der Waals surface area contributed by atoms with Gasteiger partial charge in [0.05, 0.1) is 7.11 Å². The number of amides is 1. The second-order valence-electron chi connectivity index (χ2n) is 4.63. The highest BCUT2D eigenvalue weighted by atomic mass is 16.5. The molecular formula is C14H21NO2. The van der Waals surface area contributed by atoms with Crippen LogP contribution < -0.4 is 5.32 Å². The molecule has 1 amide bonds. The Morgan fingerprint density at radius 1 is 1.29 bits per heavy atom. The zero-order valence-electron chi connectivity index (χ0n) is 11.0. The first-order valence-electron chi connectivity index (χ1n) is 5.93. The summed E-state index contributed by atoms with van der Waals surface area (Å²) in [6.45, 7) is 6.99. The van der Waals surface area contributed by atoms with E-state index in [-0.39, 0.29) is 6.09 Å². The zero-order chi connectivity index (χ0) is 12.8. The Morgan fingerprint density at radius 2 is 1.88 bits per heavy atom. The first kappa shape index (κ1) is 13.6. The molecule has 17 heavy (non-hydrogen) atoms. The third kappa shape index (κ3) is 4.10. The standard InChI is InChI=1S/C14H21NO2/c1-10(2)13(9-15-14(16)17-4)12-7-5-11(3)6-8-12/h5-8,10,13H,9H2,1-4H3,(H,15,16). The Morgan fingerprint density at radius 3 is 2.35 bits per heavy atom. The van der Waals surface area contributed by atoms with E-state index in [4.69, 9.17) is 0 Å². The molecule has 1 atom stereocenters. The minimum absolute atomic E-state index is 0.315. The number of benzene rings is 1. The van der Waals surface area contributed by atoms with Crippen LogP contribution in [0.4, 0.5) is 4.79 Å². The number of aryl methyl sites for hydroxylation is 1. The monoisotopic (exact) mass is 235 g/mol. The average molecular weight is 235 g/mol. The maximum Gasteiger partial charge on any atom is 0.406 e. The van der Waals surface area contributed by atoms with Crippen molar-refractivity contribution in [3.8, 4) is 0 Å². The molecule has 94 valence electrons. The number of methoxy groups -OCH3 is 1. The van der Waals surface area contributed by atoms with E-state index in [9.17, 15) is 4.79 Å². The summed E-state index contributed by atoms with van der Waals surface area (Å²) in [4.78, 5) is 11.1. The predicted octanol–water partition coefficient (Wildman–Crippen LogP) is 3.09. The SMILES string of the molecule is COC(=O)NCC(c1ccc(C)cc1)C(C)C. The molecule has 1 rings (SSSR count). The lowest BCUT2D eigenvalue weighted by molar-refractivity contribution is 0.169. The fraction of sp³-hybridized carbons (Fsp3) is 0.500. The first-order chi connectivity index (χ1) is 8.04. The molecular weight excluding hydrogens is 214 g/mol. The highest BCUT2D eigenvalue weighted by Crippen LogP contribution is 2.23. The molecule has 0 aliphatic carbocycles. The van der Waals surface area contributed by atoms with Gasteiger partial charge in [0.1, 0.15) is 0 Å². The number of carbonyl (C=O) groups excluding carboxylic acids is 1. The molecule has 0 fully saturated rings. The lowest BCUT2D eigenvalue weighted by atomic mass is 9.88. The Hall–Kier alpha value is -1.51. The summed E-state index contributed by atoms with van der Waals surface area (Å²) in [7, 11) is 1.38. The van der Waals surface area contributed by atoms with Gasteiger partial charge in [0.25, 0.3) is 0 Å². The van der Waals surface area contributed by atoms with E-state index < -0.39 is 0 Å². The largest absolute Gasteiger partial charge is 0.453 e. The highest BCUT2D eigenvalue weighted by Gasteiger charge is 2.16. The van der Waals surface area contributed by atoms with Crippen LogP contribution in [0.5, 0.6) is 0 Å². The van der Waals surface area contributed by atoms with Gasteiger partial charge in [-0.2, -0.15) is 0 Å². The Labute approximate surface area is 103 Å². The van der Waals surface area contributed by atoms with Crippen LogP contribution in [0.3, 0.4) is 0 Å². The van der Waals surface area contributed by atoms with E-state index in [1.165, 1.54) is 18.2 Å². The zero-order valence-corrected chi connectivity index (χ0v) is 11.0. The molecule has 0 radical (unpaired) electrons. The topological polar surface area (TPSA) is 38.3 Å². The van der Waals surface area contributed by atoms with Crippen molar-refractivity contribution in [3.63, 3.8) is 0 Å². The van der Waals surface area contributed by atoms with Gasteiger partial charge in [-0.15, -0.1) is 0 Å². The number of carbonyl (C=O) groups is 1. The van der Waals surface area contributed by atoms with Crippen LogP contribution in [-0.4, -0.2) is 19.7 Å². The minimum Gasteiger partial charge on any atom is -0.453 e. The quantitative estimate of drug-likeness (QED) is 0.871. The molecule has 0 aliphatic heterocycles. The number of nitrogens with one attached hydrogen (secondary N) is 1. The van der Waals surface area contributed by atoms with Crippen LogP contribution in [0.1, 0.15) is 30.9 Å². The molecule has 3 nitrogen and oxygen atoms in total. The average Bonchev–Trinajstić information content (AvgIpc) is 2.31. The van der Waals surface area contributed by atoms with E-state index in [0.717, 1.165) is 0 Å². The molecule has 0 bridgehead atoms. The second-order valence-corrected chi connectivity index (χ2v) is 4.63. The lowest BCUT2D eigenvalue weighted by Crippen LogP contribution is -2.30. The van der Waals surface area contributed by atoms with Gasteiger partial charge in [-0.3, -0.25) is 0 Å². The van der Waals surface area contributed by atoms with E-state index >= 15 is 0 Å². The van der Waals surface area contributed by atoms with Crippen molar-refractivity contribution in [1.82, 2.24) is 5.32 Å². The van der Waals surface area contributed by atoms with Crippen LogP contribution in [-0.2, 0) is 4.74 Å². The maximum absolute atomic E-state index is 11.1. The molecule has 1 aromatic carbocycles. The summed E-state index contributed by atoms with van der Waals surface area (Å²) in [6, 6.07) is 8.45. The van der Waals surface area contributed by atoms with Gasteiger partial charge >= 0.3 is 6.09 Å².